The summed E-state index contributed by atoms with van der Waals surface area (Å²) in [6, 6.07) is 7.36. The van der Waals surface area contributed by atoms with Gasteiger partial charge in [0.15, 0.2) is 0 Å². The molecule has 35 heavy (non-hydrogen) atoms. The zero-order valence-electron chi connectivity index (χ0n) is 19.9. The predicted molar refractivity (Wildman–Crippen MR) is 132 cm³/mol. The van der Waals surface area contributed by atoms with Crippen molar-refractivity contribution in [1.82, 2.24) is 20.3 Å². The largest absolute Gasteiger partial charge is 0.475 e. The molecule has 3 rings (SSSR count). The Labute approximate surface area is 207 Å². The number of H-pyrrole nitrogens is 1. The van der Waals surface area contributed by atoms with Gasteiger partial charge in [-0.2, -0.15) is 0 Å². The quantitative estimate of drug-likeness (QED) is 0.377. The van der Waals surface area contributed by atoms with Gasteiger partial charge in [0.05, 0.1) is 22.9 Å². The molecule has 0 saturated carbocycles. The van der Waals surface area contributed by atoms with Gasteiger partial charge in [-0.3, -0.25) is 9.59 Å². The minimum absolute atomic E-state index is 0.0274. The summed E-state index contributed by atoms with van der Waals surface area (Å²) in [5, 5.41) is 2.81. The standard InChI is InChI=1S/C25H28ClFN4O4/c1-4-9-34-10-11-35-21-8-6-16(13-28-21)19-12-20(32)31-24(30-19)22-18(27)7-5-17(23(22)26)14-29-25(33)15(2)3/h5-8,12-13,15H,4,9-11,14H2,1-3H3,(H,29,33)(H,30,31,32). The third-order valence-electron chi connectivity index (χ3n) is 4.99. The van der Waals surface area contributed by atoms with Crippen molar-refractivity contribution in [3.63, 3.8) is 0 Å². The van der Waals surface area contributed by atoms with Gasteiger partial charge in [0, 0.05) is 43.0 Å². The number of carbonyl (C=O) groups is 1. The number of hydrogen-bond donors (Lipinski definition) is 2. The molecule has 0 radical (unpaired) electrons. The van der Waals surface area contributed by atoms with Crippen molar-refractivity contribution in [2.24, 2.45) is 5.92 Å². The minimum atomic E-state index is -0.651. The Morgan fingerprint density at radius 1 is 1.20 bits per heavy atom. The van der Waals surface area contributed by atoms with Crippen molar-refractivity contribution in [1.29, 1.82) is 0 Å². The topological polar surface area (TPSA) is 106 Å². The molecule has 2 aromatic heterocycles. The Balaban J connectivity index is 1.84. The summed E-state index contributed by atoms with van der Waals surface area (Å²) in [6.45, 7) is 7.18. The summed E-state index contributed by atoms with van der Waals surface area (Å²) in [7, 11) is 0. The third-order valence-corrected chi connectivity index (χ3v) is 5.42. The van der Waals surface area contributed by atoms with E-state index in [4.69, 9.17) is 21.1 Å². The van der Waals surface area contributed by atoms with E-state index < -0.39 is 11.4 Å². The lowest BCUT2D eigenvalue weighted by Crippen LogP contribution is -2.27. The first-order valence-corrected chi connectivity index (χ1v) is 11.7. The molecule has 1 amide bonds. The maximum atomic E-state index is 14.8. The van der Waals surface area contributed by atoms with Crippen LogP contribution in [0.1, 0.15) is 32.8 Å². The van der Waals surface area contributed by atoms with Gasteiger partial charge in [-0.05, 0) is 24.1 Å². The molecule has 0 aliphatic rings. The Morgan fingerprint density at radius 3 is 2.69 bits per heavy atom. The van der Waals surface area contributed by atoms with Crippen LogP contribution in [0, 0.1) is 11.7 Å². The molecular weight excluding hydrogens is 475 g/mol. The number of amides is 1. The lowest BCUT2D eigenvalue weighted by Gasteiger charge is -2.13. The number of hydrogen-bond acceptors (Lipinski definition) is 6. The van der Waals surface area contributed by atoms with Gasteiger partial charge in [-0.1, -0.05) is 38.4 Å². The molecule has 8 nitrogen and oxygen atoms in total. The number of ether oxygens (including phenoxy) is 2. The lowest BCUT2D eigenvalue weighted by atomic mass is 10.1. The summed E-state index contributed by atoms with van der Waals surface area (Å²) < 4.78 is 25.7. The summed E-state index contributed by atoms with van der Waals surface area (Å²) in [5.74, 6) is -0.636. The van der Waals surface area contributed by atoms with Gasteiger partial charge >= 0.3 is 0 Å². The summed E-state index contributed by atoms with van der Waals surface area (Å²) in [5.41, 5.74) is 0.803. The summed E-state index contributed by atoms with van der Waals surface area (Å²) in [4.78, 5) is 35.5. The molecule has 0 fully saturated rings. The van der Waals surface area contributed by atoms with E-state index in [2.05, 4.69) is 20.3 Å². The van der Waals surface area contributed by atoms with Gasteiger partial charge in [0.2, 0.25) is 11.8 Å². The van der Waals surface area contributed by atoms with Crippen LogP contribution < -0.4 is 15.6 Å². The normalized spacial score (nSPS) is 11.0. The zero-order chi connectivity index (χ0) is 25.4. The number of aromatic amines is 1. The van der Waals surface area contributed by atoms with Crippen molar-refractivity contribution >= 4 is 17.5 Å². The number of rotatable bonds is 11. The highest BCUT2D eigenvalue weighted by atomic mass is 35.5. The van der Waals surface area contributed by atoms with Gasteiger partial charge in [0.1, 0.15) is 18.2 Å². The molecule has 10 heteroatoms. The molecule has 0 aliphatic heterocycles. The van der Waals surface area contributed by atoms with E-state index >= 15 is 0 Å². The number of carbonyl (C=O) groups excluding carboxylic acids is 1. The number of halogens is 2. The first-order chi connectivity index (χ1) is 16.8. The van der Waals surface area contributed by atoms with E-state index in [1.165, 1.54) is 24.4 Å². The van der Waals surface area contributed by atoms with E-state index in [1.54, 1.807) is 26.0 Å². The first-order valence-electron chi connectivity index (χ1n) is 11.3. The number of nitrogens with zero attached hydrogens (tertiary/aromatic N) is 2. The monoisotopic (exact) mass is 502 g/mol. The second-order valence-electron chi connectivity index (χ2n) is 8.09. The Kier molecular flexibility index (Phi) is 9.33. The fourth-order valence-electron chi connectivity index (χ4n) is 3.13. The molecule has 0 aliphatic carbocycles. The van der Waals surface area contributed by atoms with Crippen LogP contribution >= 0.6 is 11.6 Å². The van der Waals surface area contributed by atoms with Crippen LogP contribution in [-0.2, 0) is 16.1 Å². The highest BCUT2D eigenvalue weighted by Crippen LogP contribution is 2.32. The van der Waals surface area contributed by atoms with E-state index in [-0.39, 0.29) is 34.8 Å². The molecule has 186 valence electrons. The van der Waals surface area contributed by atoms with Gasteiger partial charge in [-0.15, -0.1) is 0 Å². The second kappa shape index (κ2) is 12.4. The molecular formula is C25H28ClFN4O4. The Morgan fingerprint density at radius 2 is 2.00 bits per heavy atom. The molecule has 3 aromatic rings. The molecule has 0 atom stereocenters. The lowest BCUT2D eigenvalue weighted by molar-refractivity contribution is -0.124. The number of nitrogens with one attached hydrogen (secondary N) is 2. The second-order valence-corrected chi connectivity index (χ2v) is 8.47. The third kappa shape index (κ3) is 7.10. The highest BCUT2D eigenvalue weighted by molar-refractivity contribution is 6.34. The van der Waals surface area contributed by atoms with Crippen molar-refractivity contribution in [2.75, 3.05) is 19.8 Å². The van der Waals surface area contributed by atoms with Crippen molar-refractivity contribution in [2.45, 2.75) is 33.7 Å². The molecule has 0 unspecified atom stereocenters. The summed E-state index contributed by atoms with van der Waals surface area (Å²) >= 11 is 6.47. The van der Waals surface area contributed by atoms with Crippen molar-refractivity contribution in [3.05, 3.63) is 63.3 Å². The van der Waals surface area contributed by atoms with Crippen LogP contribution in [0.15, 0.2) is 41.3 Å². The Bertz CT molecular complexity index is 1220. The van der Waals surface area contributed by atoms with Gasteiger partial charge < -0.3 is 19.8 Å². The summed E-state index contributed by atoms with van der Waals surface area (Å²) in [6.07, 6.45) is 2.45. The van der Waals surface area contributed by atoms with Crippen LogP contribution in [0.2, 0.25) is 5.02 Å². The smallest absolute Gasteiger partial charge is 0.251 e. The van der Waals surface area contributed by atoms with Gasteiger partial charge in [-0.25, -0.2) is 14.4 Å². The average molecular weight is 503 g/mol. The molecule has 0 bridgehead atoms. The number of aromatic nitrogens is 3. The molecule has 2 heterocycles. The van der Waals surface area contributed by atoms with Crippen LogP contribution in [0.3, 0.4) is 0 Å². The van der Waals surface area contributed by atoms with Crippen LogP contribution in [0.25, 0.3) is 22.6 Å². The maximum Gasteiger partial charge on any atom is 0.251 e. The predicted octanol–water partition coefficient (Wildman–Crippen LogP) is 4.37. The molecule has 0 spiro atoms. The van der Waals surface area contributed by atoms with E-state index in [0.717, 1.165) is 6.42 Å². The fourth-order valence-corrected chi connectivity index (χ4v) is 3.44. The molecule has 1 aromatic carbocycles. The van der Waals surface area contributed by atoms with Crippen molar-refractivity contribution < 1.29 is 18.7 Å². The van der Waals surface area contributed by atoms with Crippen LogP contribution in [-0.4, -0.2) is 40.7 Å². The molecule has 0 saturated heterocycles. The highest BCUT2D eigenvalue weighted by Gasteiger charge is 2.18. The zero-order valence-corrected chi connectivity index (χ0v) is 20.6. The first kappa shape index (κ1) is 26.3. The number of pyridine rings is 1. The number of benzene rings is 1. The van der Waals surface area contributed by atoms with Crippen LogP contribution in [0.5, 0.6) is 5.88 Å². The fraction of sp³-hybridized carbons (Fsp3) is 0.360. The van der Waals surface area contributed by atoms with Crippen LogP contribution in [0.4, 0.5) is 4.39 Å². The van der Waals surface area contributed by atoms with E-state index in [9.17, 15) is 14.0 Å². The van der Waals surface area contributed by atoms with E-state index in [1.807, 2.05) is 6.92 Å². The average Bonchev–Trinajstić information content (AvgIpc) is 2.83. The van der Waals surface area contributed by atoms with E-state index in [0.29, 0.717) is 42.5 Å². The van der Waals surface area contributed by atoms with Crippen molar-refractivity contribution in [3.8, 4) is 28.5 Å². The molecule has 2 N–H and O–H groups in total. The SMILES string of the molecule is CCCOCCOc1ccc(-c2cc(=O)[nH]c(-c3c(F)ccc(CNC(=O)C(C)C)c3Cl)n2)cn1. The minimum Gasteiger partial charge on any atom is -0.475 e. The Hall–Kier alpha value is -3.30. The maximum absolute atomic E-state index is 14.8. The van der Waals surface area contributed by atoms with Gasteiger partial charge in [0.25, 0.3) is 5.56 Å².